The first-order chi connectivity index (χ1) is 11.1. The van der Waals surface area contributed by atoms with Crippen molar-refractivity contribution in [3.63, 3.8) is 0 Å². The lowest BCUT2D eigenvalue weighted by Gasteiger charge is -2.27. The maximum atomic E-state index is 12.8. The normalized spacial score (nSPS) is 23.5. The maximum absolute atomic E-state index is 12.8. The van der Waals surface area contributed by atoms with Crippen LogP contribution in [0.3, 0.4) is 0 Å². The van der Waals surface area contributed by atoms with Gasteiger partial charge in [-0.25, -0.2) is 0 Å². The van der Waals surface area contributed by atoms with E-state index in [-0.39, 0.29) is 42.6 Å². The zero-order valence-electron chi connectivity index (χ0n) is 13.7. The molecule has 0 saturated carbocycles. The van der Waals surface area contributed by atoms with Gasteiger partial charge in [-0.05, 0) is 32.0 Å². The van der Waals surface area contributed by atoms with E-state index in [4.69, 9.17) is 11.6 Å². The summed E-state index contributed by atoms with van der Waals surface area (Å²) in [6.45, 7) is 2.02. The number of likely N-dealkylation sites (tertiary alicyclic amines) is 1. The number of para-hydroxylation sites is 1. The van der Waals surface area contributed by atoms with Gasteiger partial charge in [0.2, 0.25) is 11.8 Å². The minimum atomic E-state index is -0.267. The molecule has 1 aromatic rings. The molecule has 1 N–H and O–H groups in total. The van der Waals surface area contributed by atoms with Crippen molar-refractivity contribution in [2.75, 3.05) is 31.6 Å². The van der Waals surface area contributed by atoms with Crippen molar-refractivity contribution in [3.8, 4) is 0 Å². The number of amides is 2. The number of halogens is 2. The second-order valence-corrected chi connectivity index (χ2v) is 6.65. The molecule has 2 heterocycles. The quantitative estimate of drug-likeness (QED) is 0.883. The van der Waals surface area contributed by atoms with Gasteiger partial charge in [-0.1, -0.05) is 23.7 Å². The Balaban J connectivity index is 0.00000208. The summed E-state index contributed by atoms with van der Waals surface area (Å²) in [5.41, 5.74) is 0.697. The summed E-state index contributed by atoms with van der Waals surface area (Å²) in [4.78, 5) is 28.8. The van der Waals surface area contributed by atoms with Gasteiger partial charge < -0.3 is 15.1 Å². The van der Waals surface area contributed by atoms with E-state index in [9.17, 15) is 9.59 Å². The van der Waals surface area contributed by atoms with Gasteiger partial charge in [0.05, 0.1) is 16.6 Å². The Kier molecular flexibility index (Phi) is 6.49. The monoisotopic (exact) mass is 371 g/mol. The van der Waals surface area contributed by atoms with E-state index in [1.807, 2.05) is 30.1 Å². The third-order valence-electron chi connectivity index (χ3n) is 4.72. The molecule has 0 aromatic heterocycles. The Labute approximate surface area is 153 Å². The standard InChI is InChI=1S/C17H22ClN3O2.ClH/c1-19-10-13-5-4-8-20(13)17(23)12-9-16(22)21(11-12)15-7-3-2-6-14(15)18;/h2-3,6-7,12-13,19H,4-5,8-11H2,1H3;1H. The molecule has 2 unspecified atom stereocenters. The van der Waals surface area contributed by atoms with E-state index in [1.54, 1.807) is 11.0 Å². The SMILES string of the molecule is CNCC1CCCN1C(=O)C1CC(=O)N(c2ccccc2Cl)C1.Cl. The molecule has 2 aliphatic rings. The van der Waals surface area contributed by atoms with Crippen LogP contribution in [0.25, 0.3) is 0 Å². The summed E-state index contributed by atoms with van der Waals surface area (Å²) in [5.74, 6) is -0.192. The summed E-state index contributed by atoms with van der Waals surface area (Å²) in [6.07, 6.45) is 2.33. The number of benzene rings is 1. The van der Waals surface area contributed by atoms with Crippen molar-refractivity contribution >= 4 is 41.5 Å². The highest BCUT2D eigenvalue weighted by atomic mass is 35.5. The predicted octanol–water partition coefficient (Wildman–Crippen LogP) is 2.33. The van der Waals surface area contributed by atoms with E-state index in [0.717, 1.165) is 25.9 Å². The highest BCUT2D eigenvalue weighted by Gasteiger charge is 2.40. The minimum absolute atomic E-state index is 0. The lowest BCUT2D eigenvalue weighted by molar-refractivity contribution is -0.136. The maximum Gasteiger partial charge on any atom is 0.228 e. The van der Waals surface area contributed by atoms with Crippen molar-refractivity contribution in [1.82, 2.24) is 10.2 Å². The van der Waals surface area contributed by atoms with Crippen molar-refractivity contribution in [3.05, 3.63) is 29.3 Å². The fourth-order valence-electron chi connectivity index (χ4n) is 3.58. The van der Waals surface area contributed by atoms with Crippen molar-refractivity contribution in [2.45, 2.75) is 25.3 Å². The average molecular weight is 372 g/mol. The number of hydrogen-bond donors (Lipinski definition) is 1. The van der Waals surface area contributed by atoms with E-state index >= 15 is 0 Å². The molecule has 132 valence electrons. The number of nitrogens with one attached hydrogen (secondary N) is 1. The molecule has 2 fully saturated rings. The molecule has 1 aromatic carbocycles. The first-order valence-electron chi connectivity index (χ1n) is 8.11. The van der Waals surface area contributed by atoms with E-state index in [2.05, 4.69) is 5.32 Å². The van der Waals surface area contributed by atoms with Crippen LogP contribution in [0.4, 0.5) is 5.69 Å². The minimum Gasteiger partial charge on any atom is -0.338 e. The first kappa shape index (κ1) is 19.0. The molecule has 24 heavy (non-hydrogen) atoms. The number of anilines is 1. The molecule has 3 rings (SSSR count). The zero-order chi connectivity index (χ0) is 16.4. The second-order valence-electron chi connectivity index (χ2n) is 6.24. The van der Waals surface area contributed by atoms with Gasteiger partial charge in [-0.2, -0.15) is 0 Å². The van der Waals surface area contributed by atoms with Crippen LogP contribution in [-0.2, 0) is 9.59 Å². The van der Waals surface area contributed by atoms with Gasteiger partial charge in [0.25, 0.3) is 0 Å². The number of hydrogen-bond acceptors (Lipinski definition) is 3. The Morgan fingerprint density at radius 1 is 1.38 bits per heavy atom. The third kappa shape index (κ3) is 3.68. The highest BCUT2D eigenvalue weighted by Crippen LogP contribution is 2.32. The third-order valence-corrected chi connectivity index (χ3v) is 5.04. The Morgan fingerprint density at radius 2 is 2.12 bits per heavy atom. The molecular formula is C17H23Cl2N3O2. The zero-order valence-corrected chi connectivity index (χ0v) is 15.3. The average Bonchev–Trinajstić information content (AvgIpc) is 3.14. The molecule has 2 aliphatic heterocycles. The molecule has 0 radical (unpaired) electrons. The van der Waals surface area contributed by atoms with E-state index in [1.165, 1.54) is 0 Å². The summed E-state index contributed by atoms with van der Waals surface area (Å²) in [7, 11) is 1.90. The molecule has 7 heteroatoms. The highest BCUT2D eigenvalue weighted by molar-refractivity contribution is 6.33. The van der Waals surface area contributed by atoms with Gasteiger partial charge >= 0.3 is 0 Å². The molecule has 2 amide bonds. The van der Waals surface area contributed by atoms with Crippen LogP contribution >= 0.6 is 24.0 Å². The molecule has 0 spiro atoms. The molecule has 0 aliphatic carbocycles. The van der Waals surface area contributed by atoms with Crippen LogP contribution < -0.4 is 10.2 Å². The summed E-state index contributed by atoms with van der Waals surface area (Å²) in [6, 6.07) is 7.53. The summed E-state index contributed by atoms with van der Waals surface area (Å²) >= 11 is 6.19. The number of carbonyl (C=O) groups is 2. The first-order valence-corrected chi connectivity index (χ1v) is 8.49. The van der Waals surface area contributed by atoms with E-state index in [0.29, 0.717) is 17.3 Å². The van der Waals surface area contributed by atoms with E-state index < -0.39 is 0 Å². The van der Waals surface area contributed by atoms with Gasteiger partial charge in [0, 0.05) is 32.1 Å². The Hall–Kier alpha value is -1.30. The van der Waals surface area contributed by atoms with Gasteiger partial charge in [-0.3, -0.25) is 9.59 Å². The van der Waals surface area contributed by atoms with Gasteiger partial charge in [0.15, 0.2) is 0 Å². The fraction of sp³-hybridized carbons (Fsp3) is 0.529. The van der Waals surface area contributed by atoms with Crippen molar-refractivity contribution in [2.24, 2.45) is 5.92 Å². The lowest BCUT2D eigenvalue weighted by Crippen LogP contribution is -2.44. The topological polar surface area (TPSA) is 52.7 Å². The van der Waals surface area contributed by atoms with Gasteiger partial charge in [-0.15, -0.1) is 12.4 Å². The number of nitrogens with zero attached hydrogens (tertiary/aromatic N) is 2. The molecule has 2 saturated heterocycles. The largest absolute Gasteiger partial charge is 0.338 e. The lowest BCUT2D eigenvalue weighted by atomic mass is 10.1. The molecule has 5 nitrogen and oxygen atoms in total. The Bertz CT molecular complexity index is 611. The fourth-order valence-corrected chi connectivity index (χ4v) is 3.82. The Morgan fingerprint density at radius 3 is 2.83 bits per heavy atom. The summed E-state index contributed by atoms with van der Waals surface area (Å²) < 4.78 is 0. The van der Waals surface area contributed by atoms with Crippen LogP contribution in [0.2, 0.25) is 5.02 Å². The van der Waals surface area contributed by atoms with Crippen LogP contribution in [0.1, 0.15) is 19.3 Å². The molecular weight excluding hydrogens is 349 g/mol. The van der Waals surface area contributed by atoms with Crippen LogP contribution in [-0.4, -0.2) is 49.4 Å². The second kappa shape index (κ2) is 8.19. The van der Waals surface area contributed by atoms with Crippen LogP contribution in [0, 0.1) is 5.92 Å². The molecule has 2 atom stereocenters. The van der Waals surface area contributed by atoms with Crippen molar-refractivity contribution in [1.29, 1.82) is 0 Å². The van der Waals surface area contributed by atoms with Crippen LogP contribution in [0.5, 0.6) is 0 Å². The number of rotatable bonds is 4. The van der Waals surface area contributed by atoms with Crippen molar-refractivity contribution < 1.29 is 9.59 Å². The van der Waals surface area contributed by atoms with Gasteiger partial charge in [0.1, 0.15) is 0 Å². The summed E-state index contributed by atoms with van der Waals surface area (Å²) in [5, 5.41) is 3.69. The van der Waals surface area contributed by atoms with Crippen LogP contribution in [0.15, 0.2) is 24.3 Å². The predicted molar refractivity (Wildman–Crippen MR) is 97.8 cm³/mol. The molecule has 0 bridgehead atoms. The smallest absolute Gasteiger partial charge is 0.228 e. The number of carbonyl (C=O) groups excluding carboxylic acids is 2. The number of likely N-dealkylation sites (N-methyl/N-ethyl adjacent to an activating group) is 1.